The first-order valence-electron chi connectivity index (χ1n) is 3.97. The normalized spacial score (nSPS) is 13.1. The highest BCUT2D eigenvalue weighted by atomic mass is 32.1. The molecule has 0 aromatic carbocycles. The van der Waals surface area contributed by atoms with Gasteiger partial charge < -0.3 is 10.2 Å². The van der Waals surface area contributed by atoms with Gasteiger partial charge in [0.2, 0.25) is 0 Å². The van der Waals surface area contributed by atoms with Crippen molar-refractivity contribution in [3.8, 4) is 0 Å². The van der Waals surface area contributed by atoms with Gasteiger partial charge in [0.25, 0.3) is 0 Å². The first-order chi connectivity index (χ1) is 6.27. The average Bonchev–Trinajstić information content (AvgIpc) is 2.72. The fraction of sp³-hybridized carbons (Fsp3) is 0.222. The van der Waals surface area contributed by atoms with E-state index in [9.17, 15) is 0 Å². The van der Waals surface area contributed by atoms with Crippen molar-refractivity contribution in [3.05, 3.63) is 40.2 Å². The van der Waals surface area contributed by atoms with Gasteiger partial charge in [0, 0.05) is 10.9 Å². The van der Waals surface area contributed by atoms with Gasteiger partial charge in [-0.25, -0.2) is 4.98 Å². The lowest BCUT2D eigenvalue weighted by molar-refractivity contribution is 0.561. The number of nitrogens with two attached hydrogens (primary N) is 1. The predicted molar refractivity (Wildman–Crippen MR) is 51.6 cm³/mol. The van der Waals surface area contributed by atoms with E-state index in [0.29, 0.717) is 0 Å². The van der Waals surface area contributed by atoms with Gasteiger partial charge in [0.15, 0.2) is 0 Å². The summed E-state index contributed by atoms with van der Waals surface area (Å²) in [4.78, 5) is 4.32. The summed E-state index contributed by atoms with van der Waals surface area (Å²) < 4.78 is 4.96. The molecule has 3 nitrogen and oxygen atoms in total. The van der Waals surface area contributed by atoms with Crippen LogP contribution in [0.15, 0.2) is 28.4 Å². The molecule has 0 radical (unpaired) electrons. The average molecular weight is 194 g/mol. The Morgan fingerprint density at radius 3 is 3.00 bits per heavy atom. The zero-order chi connectivity index (χ0) is 9.26. The highest BCUT2D eigenvalue weighted by Crippen LogP contribution is 2.21. The summed E-state index contributed by atoms with van der Waals surface area (Å²) in [5, 5.41) is 3.02. The molecule has 0 saturated carbocycles. The number of nitrogens with zero attached hydrogens (tertiary/aromatic N) is 1. The molecule has 2 heterocycles. The Morgan fingerprint density at radius 1 is 1.62 bits per heavy atom. The largest absolute Gasteiger partial charge is 0.472 e. The number of hydrogen-bond acceptors (Lipinski definition) is 4. The molecule has 1 unspecified atom stereocenters. The number of furan rings is 1. The number of thiazole rings is 1. The van der Waals surface area contributed by atoms with Crippen LogP contribution >= 0.6 is 11.3 Å². The lowest BCUT2D eigenvalue weighted by Crippen LogP contribution is -2.11. The molecule has 4 heteroatoms. The van der Waals surface area contributed by atoms with Crippen LogP contribution in [0.25, 0.3) is 0 Å². The van der Waals surface area contributed by atoms with Gasteiger partial charge in [-0.05, 0) is 13.0 Å². The van der Waals surface area contributed by atoms with E-state index in [2.05, 4.69) is 4.98 Å². The summed E-state index contributed by atoms with van der Waals surface area (Å²) in [7, 11) is 0. The molecule has 0 spiro atoms. The molecule has 0 aliphatic carbocycles. The van der Waals surface area contributed by atoms with Crippen LogP contribution in [0.4, 0.5) is 0 Å². The third-order valence-corrected chi connectivity index (χ3v) is 2.65. The maximum absolute atomic E-state index is 5.96. The zero-order valence-electron chi connectivity index (χ0n) is 7.23. The Balaban J connectivity index is 2.28. The van der Waals surface area contributed by atoms with Crippen LogP contribution in [-0.4, -0.2) is 4.98 Å². The smallest absolute Gasteiger partial charge is 0.0954 e. The van der Waals surface area contributed by atoms with Crippen molar-refractivity contribution in [2.24, 2.45) is 5.73 Å². The fourth-order valence-corrected chi connectivity index (χ4v) is 1.79. The molecule has 0 bridgehead atoms. The molecule has 68 valence electrons. The second-order valence-corrected chi connectivity index (χ2v) is 3.89. The standard InChI is InChI=1S/C9H10N2OS/c1-6-11-8(5-13-6)9(10)7-2-3-12-4-7/h2-5,9H,10H2,1H3. The molecule has 0 amide bonds. The fourth-order valence-electron chi connectivity index (χ4n) is 1.15. The molecule has 0 saturated heterocycles. The van der Waals surface area contributed by atoms with Crippen molar-refractivity contribution in [1.29, 1.82) is 0 Å². The van der Waals surface area contributed by atoms with Crippen LogP contribution in [-0.2, 0) is 0 Å². The quantitative estimate of drug-likeness (QED) is 0.796. The van der Waals surface area contributed by atoms with Gasteiger partial charge in [-0.15, -0.1) is 11.3 Å². The number of aryl methyl sites for hydroxylation is 1. The molecule has 0 aliphatic heterocycles. The van der Waals surface area contributed by atoms with Crippen LogP contribution in [0.5, 0.6) is 0 Å². The van der Waals surface area contributed by atoms with Gasteiger partial charge in [-0.2, -0.15) is 0 Å². The molecular formula is C9H10N2OS. The molecule has 2 aromatic rings. The monoisotopic (exact) mass is 194 g/mol. The van der Waals surface area contributed by atoms with Gasteiger partial charge in [0.05, 0.1) is 29.3 Å². The Bertz CT molecular complexity index is 380. The predicted octanol–water partition coefficient (Wildman–Crippen LogP) is 2.09. The van der Waals surface area contributed by atoms with Crippen LogP contribution in [0.1, 0.15) is 22.3 Å². The summed E-state index contributed by atoms with van der Waals surface area (Å²) in [5.74, 6) is 0. The van der Waals surface area contributed by atoms with E-state index in [4.69, 9.17) is 10.2 Å². The van der Waals surface area contributed by atoms with Gasteiger partial charge in [0.1, 0.15) is 0 Å². The van der Waals surface area contributed by atoms with Crippen molar-refractivity contribution in [2.45, 2.75) is 13.0 Å². The van der Waals surface area contributed by atoms with E-state index < -0.39 is 0 Å². The minimum absolute atomic E-state index is 0.163. The topological polar surface area (TPSA) is 52.0 Å². The highest BCUT2D eigenvalue weighted by molar-refractivity contribution is 7.09. The second-order valence-electron chi connectivity index (χ2n) is 2.83. The minimum Gasteiger partial charge on any atom is -0.472 e. The molecular weight excluding hydrogens is 184 g/mol. The van der Waals surface area contributed by atoms with E-state index in [1.165, 1.54) is 0 Å². The number of hydrogen-bond donors (Lipinski definition) is 1. The molecule has 13 heavy (non-hydrogen) atoms. The summed E-state index contributed by atoms with van der Waals surface area (Å²) in [6.45, 7) is 1.97. The first-order valence-corrected chi connectivity index (χ1v) is 4.85. The van der Waals surface area contributed by atoms with E-state index in [1.807, 2.05) is 18.4 Å². The van der Waals surface area contributed by atoms with Gasteiger partial charge in [-0.1, -0.05) is 0 Å². The highest BCUT2D eigenvalue weighted by Gasteiger charge is 2.12. The number of rotatable bonds is 2. The van der Waals surface area contributed by atoms with E-state index in [-0.39, 0.29) is 6.04 Å². The third kappa shape index (κ3) is 1.64. The summed E-state index contributed by atoms with van der Waals surface area (Å²) >= 11 is 1.61. The molecule has 0 aliphatic rings. The SMILES string of the molecule is Cc1nc(C(N)c2ccoc2)cs1. The second kappa shape index (κ2) is 3.32. The van der Waals surface area contributed by atoms with Crippen molar-refractivity contribution in [1.82, 2.24) is 4.98 Å². The third-order valence-electron chi connectivity index (χ3n) is 1.86. The van der Waals surface area contributed by atoms with Crippen molar-refractivity contribution in [3.63, 3.8) is 0 Å². The van der Waals surface area contributed by atoms with E-state index in [0.717, 1.165) is 16.3 Å². The Labute approximate surface area is 80.2 Å². The maximum Gasteiger partial charge on any atom is 0.0954 e. The summed E-state index contributed by atoms with van der Waals surface area (Å²) in [5.41, 5.74) is 7.83. The van der Waals surface area contributed by atoms with Crippen molar-refractivity contribution in [2.75, 3.05) is 0 Å². The Kier molecular flexibility index (Phi) is 2.16. The maximum atomic E-state index is 5.96. The molecule has 0 fully saturated rings. The Morgan fingerprint density at radius 2 is 2.46 bits per heavy atom. The van der Waals surface area contributed by atoms with Crippen LogP contribution in [0.2, 0.25) is 0 Å². The van der Waals surface area contributed by atoms with Gasteiger partial charge >= 0.3 is 0 Å². The lowest BCUT2D eigenvalue weighted by Gasteiger charge is -2.04. The Hall–Kier alpha value is -1.13. The van der Waals surface area contributed by atoms with E-state index in [1.54, 1.807) is 23.9 Å². The molecule has 2 rings (SSSR count). The summed E-state index contributed by atoms with van der Waals surface area (Å²) in [6, 6.07) is 1.70. The zero-order valence-corrected chi connectivity index (χ0v) is 8.04. The van der Waals surface area contributed by atoms with Crippen LogP contribution < -0.4 is 5.73 Å². The lowest BCUT2D eigenvalue weighted by atomic mass is 10.1. The van der Waals surface area contributed by atoms with E-state index >= 15 is 0 Å². The van der Waals surface area contributed by atoms with Crippen LogP contribution in [0.3, 0.4) is 0 Å². The molecule has 2 N–H and O–H groups in total. The van der Waals surface area contributed by atoms with Crippen molar-refractivity contribution >= 4 is 11.3 Å². The summed E-state index contributed by atoms with van der Waals surface area (Å²) in [6.07, 6.45) is 3.27. The number of aromatic nitrogens is 1. The van der Waals surface area contributed by atoms with Crippen LogP contribution in [0, 0.1) is 6.92 Å². The molecule has 2 aromatic heterocycles. The minimum atomic E-state index is -0.163. The molecule has 1 atom stereocenters. The first kappa shape index (κ1) is 8.47. The van der Waals surface area contributed by atoms with Crippen molar-refractivity contribution < 1.29 is 4.42 Å². The van der Waals surface area contributed by atoms with Gasteiger partial charge in [-0.3, -0.25) is 0 Å².